The Morgan fingerprint density at radius 1 is 1.30 bits per heavy atom. The second-order valence-corrected chi connectivity index (χ2v) is 6.33. The van der Waals surface area contributed by atoms with E-state index >= 15 is 0 Å². The summed E-state index contributed by atoms with van der Waals surface area (Å²) in [5, 5.41) is 10.5. The summed E-state index contributed by atoms with van der Waals surface area (Å²) in [6.07, 6.45) is 1.68. The largest absolute Gasteiger partial charge is 0.373 e. The Bertz CT molecular complexity index is 940. The summed E-state index contributed by atoms with van der Waals surface area (Å²) in [6, 6.07) is 14.4. The van der Waals surface area contributed by atoms with E-state index in [1.807, 2.05) is 36.4 Å². The monoisotopic (exact) mass is 382 g/mol. The Kier molecular flexibility index (Phi) is 5.88. The van der Waals surface area contributed by atoms with Gasteiger partial charge in [-0.25, -0.2) is 0 Å². The van der Waals surface area contributed by atoms with Crippen molar-refractivity contribution in [2.75, 3.05) is 5.32 Å². The van der Waals surface area contributed by atoms with Crippen molar-refractivity contribution in [3.8, 4) is 11.4 Å². The molecule has 2 aromatic carbocycles. The molecule has 0 saturated heterocycles. The van der Waals surface area contributed by atoms with E-state index in [4.69, 9.17) is 16.1 Å². The lowest BCUT2D eigenvalue weighted by Gasteiger charge is -2.16. The quantitative estimate of drug-likeness (QED) is 0.641. The second-order valence-electron chi connectivity index (χ2n) is 5.90. The fourth-order valence-electron chi connectivity index (χ4n) is 2.48. The summed E-state index contributed by atoms with van der Waals surface area (Å²) in [6.45, 7) is 5.68. The number of rotatable bonds is 7. The van der Waals surface area contributed by atoms with Gasteiger partial charge in [-0.2, -0.15) is 4.98 Å². The SMILES string of the molecule is C=Cc1cc(Cl)ccc1NC(C)C(=O)NCc1nc(-c2ccccc2)no1. The predicted octanol–water partition coefficient (Wildman–Crippen LogP) is 4.15. The van der Waals surface area contributed by atoms with Gasteiger partial charge in [-0.3, -0.25) is 4.79 Å². The zero-order valence-corrected chi connectivity index (χ0v) is 15.5. The van der Waals surface area contributed by atoms with Crippen LogP contribution in [0.4, 0.5) is 5.69 Å². The molecule has 1 unspecified atom stereocenters. The number of carbonyl (C=O) groups excluding carboxylic acids is 1. The van der Waals surface area contributed by atoms with Crippen LogP contribution in [0.3, 0.4) is 0 Å². The van der Waals surface area contributed by atoms with Crippen molar-refractivity contribution in [2.45, 2.75) is 19.5 Å². The first-order chi connectivity index (χ1) is 13.1. The normalized spacial score (nSPS) is 11.6. The standard InChI is InChI=1S/C20H19ClN4O2/c1-3-14-11-16(21)9-10-17(14)23-13(2)20(26)22-12-18-24-19(25-27-18)15-7-5-4-6-8-15/h3-11,13,23H,1,12H2,2H3,(H,22,26). The van der Waals surface area contributed by atoms with Crippen LogP contribution in [0.1, 0.15) is 18.4 Å². The van der Waals surface area contributed by atoms with Crippen molar-refractivity contribution in [1.82, 2.24) is 15.5 Å². The first kappa shape index (κ1) is 18.7. The fraction of sp³-hybridized carbons (Fsp3) is 0.150. The highest BCUT2D eigenvalue weighted by Gasteiger charge is 2.15. The summed E-state index contributed by atoms with van der Waals surface area (Å²) in [5.41, 5.74) is 2.46. The number of benzene rings is 2. The Hall–Kier alpha value is -3.12. The molecule has 0 radical (unpaired) electrons. The van der Waals surface area contributed by atoms with Crippen LogP contribution in [0.5, 0.6) is 0 Å². The van der Waals surface area contributed by atoms with E-state index in [0.29, 0.717) is 16.7 Å². The Balaban J connectivity index is 1.58. The first-order valence-electron chi connectivity index (χ1n) is 8.41. The Labute approximate surface area is 162 Å². The first-order valence-corrected chi connectivity index (χ1v) is 8.79. The van der Waals surface area contributed by atoms with Crippen LogP contribution in [0.25, 0.3) is 17.5 Å². The average molecular weight is 383 g/mol. The molecule has 6 nitrogen and oxygen atoms in total. The third-order valence-corrected chi connectivity index (χ3v) is 4.15. The van der Waals surface area contributed by atoms with Gasteiger partial charge in [0.15, 0.2) is 0 Å². The molecule has 7 heteroatoms. The molecule has 27 heavy (non-hydrogen) atoms. The third kappa shape index (κ3) is 4.74. The molecule has 0 aliphatic rings. The molecule has 1 amide bonds. The molecule has 3 aromatic rings. The van der Waals surface area contributed by atoms with E-state index in [2.05, 4.69) is 27.4 Å². The van der Waals surface area contributed by atoms with E-state index in [1.54, 1.807) is 25.1 Å². The molecule has 1 aromatic heterocycles. The van der Waals surface area contributed by atoms with Gasteiger partial charge in [-0.05, 0) is 30.7 Å². The van der Waals surface area contributed by atoms with Gasteiger partial charge in [0.1, 0.15) is 6.04 Å². The minimum atomic E-state index is -0.471. The molecule has 0 aliphatic carbocycles. The lowest BCUT2D eigenvalue weighted by Crippen LogP contribution is -2.37. The molecule has 138 valence electrons. The van der Waals surface area contributed by atoms with Gasteiger partial charge in [0.05, 0.1) is 6.54 Å². The predicted molar refractivity (Wildman–Crippen MR) is 106 cm³/mol. The van der Waals surface area contributed by atoms with Gasteiger partial charge in [-0.15, -0.1) is 0 Å². The number of anilines is 1. The van der Waals surface area contributed by atoms with Crippen LogP contribution in [0.15, 0.2) is 59.6 Å². The summed E-state index contributed by atoms with van der Waals surface area (Å²) >= 11 is 5.98. The number of amides is 1. The smallest absolute Gasteiger partial charge is 0.246 e. The molecular formula is C20H19ClN4O2. The second kappa shape index (κ2) is 8.51. The molecule has 0 saturated carbocycles. The van der Waals surface area contributed by atoms with Crippen LogP contribution in [-0.2, 0) is 11.3 Å². The molecule has 3 rings (SSSR count). The molecule has 2 N–H and O–H groups in total. The van der Waals surface area contributed by atoms with Crippen molar-refractivity contribution >= 4 is 29.3 Å². The maximum atomic E-state index is 12.3. The van der Waals surface area contributed by atoms with E-state index in [9.17, 15) is 4.79 Å². The van der Waals surface area contributed by atoms with Crippen molar-refractivity contribution in [1.29, 1.82) is 0 Å². The average Bonchev–Trinajstić information content (AvgIpc) is 3.17. The Morgan fingerprint density at radius 3 is 2.81 bits per heavy atom. The number of nitrogens with one attached hydrogen (secondary N) is 2. The van der Waals surface area contributed by atoms with Gasteiger partial charge in [0.25, 0.3) is 0 Å². The summed E-state index contributed by atoms with van der Waals surface area (Å²) in [7, 11) is 0. The summed E-state index contributed by atoms with van der Waals surface area (Å²) in [4.78, 5) is 16.6. The van der Waals surface area contributed by atoms with Gasteiger partial charge in [-0.1, -0.05) is 59.7 Å². The maximum Gasteiger partial charge on any atom is 0.246 e. The van der Waals surface area contributed by atoms with Gasteiger partial charge in [0, 0.05) is 16.3 Å². The highest BCUT2D eigenvalue weighted by atomic mass is 35.5. The van der Waals surface area contributed by atoms with E-state index in [1.165, 1.54) is 0 Å². The molecule has 0 fully saturated rings. The summed E-state index contributed by atoms with van der Waals surface area (Å²) in [5.74, 6) is 0.634. The van der Waals surface area contributed by atoms with Gasteiger partial charge in [0.2, 0.25) is 17.6 Å². The minimum Gasteiger partial charge on any atom is -0.373 e. The lowest BCUT2D eigenvalue weighted by molar-refractivity contribution is -0.121. The molecule has 0 spiro atoms. The van der Waals surface area contributed by atoms with Crippen molar-refractivity contribution in [3.05, 3.63) is 71.6 Å². The lowest BCUT2D eigenvalue weighted by atomic mass is 10.1. The van der Waals surface area contributed by atoms with Crippen molar-refractivity contribution in [3.63, 3.8) is 0 Å². The van der Waals surface area contributed by atoms with E-state index < -0.39 is 6.04 Å². The van der Waals surface area contributed by atoms with Crippen molar-refractivity contribution in [2.24, 2.45) is 0 Å². The minimum absolute atomic E-state index is 0.152. The number of hydrogen-bond acceptors (Lipinski definition) is 5. The molecule has 0 aliphatic heterocycles. The van der Waals surface area contributed by atoms with E-state index in [0.717, 1.165) is 16.8 Å². The number of carbonyl (C=O) groups is 1. The van der Waals surface area contributed by atoms with Crippen LogP contribution < -0.4 is 10.6 Å². The molecule has 0 bridgehead atoms. The van der Waals surface area contributed by atoms with Gasteiger partial charge >= 0.3 is 0 Å². The Morgan fingerprint density at radius 2 is 2.07 bits per heavy atom. The molecule has 1 heterocycles. The van der Waals surface area contributed by atoms with E-state index in [-0.39, 0.29) is 12.5 Å². The van der Waals surface area contributed by atoms with Crippen LogP contribution >= 0.6 is 11.6 Å². The summed E-state index contributed by atoms with van der Waals surface area (Å²) < 4.78 is 5.19. The third-order valence-electron chi connectivity index (χ3n) is 3.91. The maximum absolute atomic E-state index is 12.3. The number of halogens is 1. The molecule has 1 atom stereocenters. The van der Waals surface area contributed by atoms with Gasteiger partial charge < -0.3 is 15.2 Å². The van der Waals surface area contributed by atoms with Crippen LogP contribution in [-0.4, -0.2) is 22.1 Å². The fourth-order valence-corrected chi connectivity index (χ4v) is 2.66. The van der Waals surface area contributed by atoms with Crippen LogP contribution in [0.2, 0.25) is 5.02 Å². The zero-order chi connectivity index (χ0) is 19.2. The number of nitrogens with zero attached hydrogens (tertiary/aromatic N) is 2. The highest BCUT2D eigenvalue weighted by molar-refractivity contribution is 6.30. The number of hydrogen-bond donors (Lipinski definition) is 2. The topological polar surface area (TPSA) is 80.0 Å². The molecular weight excluding hydrogens is 364 g/mol. The number of aromatic nitrogens is 2. The van der Waals surface area contributed by atoms with Crippen LogP contribution in [0, 0.1) is 0 Å². The van der Waals surface area contributed by atoms with Crippen molar-refractivity contribution < 1.29 is 9.32 Å². The highest BCUT2D eigenvalue weighted by Crippen LogP contribution is 2.22. The zero-order valence-electron chi connectivity index (χ0n) is 14.8.